The molecule has 72 valence electrons. The number of carbonyl (C=O) groups is 1. The summed E-state index contributed by atoms with van der Waals surface area (Å²) in [6.45, 7) is 0. The molecule has 3 rings (SSSR count). The summed E-state index contributed by atoms with van der Waals surface area (Å²) >= 11 is 0. The number of H-pyrrole nitrogens is 1. The fourth-order valence-electron chi connectivity index (χ4n) is 1.76. The minimum Gasteiger partial charge on any atom is -0.289 e. The van der Waals surface area contributed by atoms with Gasteiger partial charge < -0.3 is 0 Å². The van der Waals surface area contributed by atoms with Crippen LogP contribution in [0.1, 0.15) is 15.9 Å². The molecular formula is C12H8N2O. The molecule has 15 heavy (non-hydrogen) atoms. The number of rotatable bonds is 1. The highest BCUT2D eigenvalue weighted by Gasteiger charge is 2.14. The lowest BCUT2D eigenvalue weighted by atomic mass is 10.0. The van der Waals surface area contributed by atoms with Gasteiger partial charge in [-0.25, -0.2) is 0 Å². The minimum atomic E-state index is 0.0790. The summed E-state index contributed by atoms with van der Waals surface area (Å²) < 4.78 is 0. The fourth-order valence-corrected chi connectivity index (χ4v) is 1.76. The lowest BCUT2D eigenvalue weighted by Gasteiger charge is -2.01. The Hall–Kier alpha value is -2.16. The van der Waals surface area contributed by atoms with E-state index in [4.69, 9.17) is 0 Å². The maximum atomic E-state index is 11.5. The number of fused-ring (bicyclic) bond motifs is 1. The van der Waals surface area contributed by atoms with Crippen molar-refractivity contribution >= 4 is 11.9 Å². The van der Waals surface area contributed by atoms with E-state index in [1.807, 2.05) is 30.5 Å². The Balaban J connectivity index is 2.15. The zero-order valence-electron chi connectivity index (χ0n) is 7.90. The molecule has 0 bridgehead atoms. The van der Waals surface area contributed by atoms with Crippen molar-refractivity contribution in [2.24, 2.45) is 0 Å². The summed E-state index contributed by atoms with van der Waals surface area (Å²) in [5.74, 6) is 0.0790. The van der Waals surface area contributed by atoms with E-state index < -0.39 is 0 Å². The topological polar surface area (TPSA) is 45.8 Å². The lowest BCUT2D eigenvalue weighted by Crippen LogP contribution is -1.91. The smallest absolute Gasteiger partial charge is 0.186 e. The van der Waals surface area contributed by atoms with Crippen LogP contribution >= 0.6 is 0 Å². The van der Waals surface area contributed by atoms with E-state index in [2.05, 4.69) is 10.2 Å². The molecule has 0 radical (unpaired) electrons. The molecule has 3 nitrogen and oxygen atoms in total. The Kier molecular flexibility index (Phi) is 1.59. The molecular weight excluding hydrogens is 188 g/mol. The molecule has 1 aromatic heterocycles. The number of aromatic nitrogens is 2. The standard InChI is InChI=1S/C12H8N2O/c15-12-4-3-8-1-2-9(5-11(8)12)10-6-13-14-7-10/h1-7H,(H,13,14). The van der Waals surface area contributed by atoms with E-state index >= 15 is 0 Å². The second kappa shape index (κ2) is 2.92. The quantitative estimate of drug-likeness (QED) is 0.760. The molecule has 2 aromatic rings. The van der Waals surface area contributed by atoms with Crippen LogP contribution < -0.4 is 0 Å². The molecule has 1 aliphatic carbocycles. The number of hydrogen-bond donors (Lipinski definition) is 1. The average Bonchev–Trinajstić information content (AvgIpc) is 2.88. The number of hydrogen-bond acceptors (Lipinski definition) is 2. The van der Waals surface area contributed by atoms with E-state index in [-0.39, 0.29) is 5.78 Å². The highest BCUT2D eigenvalue weighted by atomic mass is 16.1. The number of carbonyl (C=O) groups excluding carboxylic acids is 1. The molecule has 0 spiro atoms. The van der Waals surface area contributed by atoms with Gasteiger partial charge in [0.1, 0.15) is 0 Å². The summed E-state index contributed by atoms with van der Waals surface area (Å²) in [5, 5.41) is 6.64. The Morgan fingerprint density at radius 3 is 2.87 bits per heavy atom. The molecule has 0 fully saturated rings. The van der Waals surface area contributed by atoms with Crippen LogP contribution in [-0.4, -0.2) is 16.0 Å². The molecule has 0 aliphatic heterocycles. The Bertz CT molecular complexity index is 553. The Labute approximate surface area is 86.4 Å². The maximum Gasteiger partial charge on any atom is 0.186 e. The van der Waals surface area contributed by atoms with Gasteiger partial charge in [0.05, 0.1) is 6.20 Å². The Morgan fingerprint density at radius 2 is 2.07 bits per heavy atom. The predicted octanol–water partition coefficient (Wildman–Crippen LogP) is 2.29. The zero-order valence-corrected chi connectivity index (χ0v) is 7.90. The third kappa shape index (κ3) is 1.21. The van der Waals surface area contributed by atoms with Crippen LogP contribution in [0.5, 0.6) is 0 Å². The molecule has 0 atom stereocenters. The van der Waals surface area contributed by atoms with Crippen LogP contribution in [0.15, 0.2) is 36.7 Å². The van der Waals surface area contributed by atoms with Crippen molar-refractivity contribution < 1.29 is 4.79 Å². The van der Waals surface area contributed by atoms with Crippen molar-refractivity contribution in [3.63, 3.8) is 0 Å². The largest absolute Gasteiger partial charge is 0.289 e. The second-order valence-corrected chi connectivity index (χ2v) is 3.49. The molecule has 3 heteroatoms. The maximum absolute atomic E-state index is 11.5. The molecule has 1 aromatic carbocycles. The first-order valence-electron chi connectivity index (χ1n) is 4.70. The van der Waals surface area contributed by atoms with Gasteiger partial charge in [0.2, 0.25) is 0 Å². The van der Waals surface area contributed by atoms with E-state index in [1.165, 1.54) is 0 Å². The second-order valence-electron chi connectivity index (χ2n) is 3.49. The molecule has 1 heterocycles. The number of benzene rings is 1. The minimum absolute atomic E-state index is 0.0790. The number of nitrogens with zero attached hydrogens (tertiary/aromatic N) is 1. The van der Waals surface area contributed by atoms with Gasteiger partial charge in [-0.3, -0.25) is 9.89 Å². The van der Waals surface area contributed by atoms with Crippen molar-refractivity contribution in [1.82, 2.24) is 10.2 Å². The number of nitrogens with one attached hydrogen (secondary N) is 1. The van der Waals surface area contributed by atoms with Gasteiger partial charge in [-0.2, -0.15) is 5.10 Å². The van der Waals surface area contributed by atoms with E-state index in [9.17, 15) is 4.79 Å². The van der Waals surface area contributed by atoms with Crippen molar-refractivity contribution in [2.75, 3.05) is 0 Å². The SMILES string of the molecule is O=C1C=Cc2ccc(-c3cn[nH]c3)cc21. The van der Waals surface area contributed by atoms with E-state index in [1.54, 1.807) is 12.3 Å². The molecule has 1 aliphatic rings. The highest BCUT2D eigenvalue weighted by Crippen LogP contribution is 2.25. The number of aromatic amines is 1. The summed E-state index contributed by atoms with van der Waals surface area (Å²) in [5.41, 5.74) is 3.78. The van der Waals surface area contributed by atoms with Crippen molar-refractivity contribution in [2.45, 2.75) is 0 Å². The van der Waals surface area contributed by atoms with Gasteiger partial charge in [0, 0.05) is 17.3 Å². The first-order valence-corrected chi connectivity index (χ1v) is 4.70. The predicted molar refractivity (Wildman–Crippen MR) is 57.4 cm³/mol. The van der Waals surface area contributed by atoms with Gasteiger partial charge in [0.25, 0.3) is 0 Å². The van der Waals surface area contributed by atoms with Crippen LogP contribution in [0.3, 0.4) is 0 Å². The van der Waals surface area contributed by atoms with Crippen LogP contribution in [0.4, 0.5) is 0 Å². The number of allylic oxidation sites excluding steroid dienone is 1. The van der Waals surface area contributed by atoms with Crippen LogP contribution in [-0.2, 0) is 0 Å². The summed E-state index contributed by atoms with van der Waals surface area (Å²) in [6.07, 6.45) is 7.00. The summed E-state index contributed by atoms with van der Waals surface area (Å²) in [7, 11) is 0. The monoisotopic (exact) mass is 196 g/mol. The van der Waals surface area contributed by atoms with Gasteiger partial charge in [-0.1, -0.05) is 18.2 Å². The third-order valence-corrected chi connectivity index (χ3v) is 2.56. The molecule has 0 saturated heterocycles. The highest BCUT2D eigenvalue weighted by molar-refractivity contribution is 6.14. The van der Waals surface area contributed by atoms with Gasteiger partial charge >= 0.3 is 0 Å². The fraction of sp³-hybridized carbons (Fsp3) is 0. The molecule has 0 amide bonds. The molecule has 0 saturated carbocycles. The normalized spacial score (nSPS) is 13.2. The van der Waals surface area contributed by atoms with Crippen LogP contribution in [0.25, 0.3) is 17.2 Å². The van der Waals surface area contributed by atoms with Gasteiger partial charge in [-0.15, -0.1) is 0 Å². The first kappa shape index (κ1) is 8.17. The zero-order chi connectivity index (χ0) is 10.3. The van der Waals surface area contributed by atoms with Crippen molar-refractivity contribution in [3.05, 3.63) is 47.8 Å². The molecule has 0 unspecified atom stereocenters. The van der Waals surface area contributed by atoms with E-state index in [0.717, 1.165) is 22.3 Å². The van der Waals surface area contributed by atoms with Gasteiger partial charge in [0.15, 0.2) is 5.78 Å². The number of ketones is 1. The Morgan fingerprint density at radius 1 is 1.13 bits per heavy atom. The van der Waals surface area contributed by atoms with Crippen LogP contribution in [0, 0.1) is 0 Å². The molecule has 1 N–H and O–H groups in total. The first-order chi connectivity index (χ1) is 7.34. The van der Waals surface area contributed by atoms with Crippen molar-refractivity contribution in [1.29, 1.82) is 0 Å². The lowest BCUT2D eigenvalue weighted by molar-refractivity contribution is 0.105. The van der Waals surface area contributed by atoms with Crippen LogP contribution in [0.2, 0.25) is 0 Å². The average molecular weight is 196 g/mol. The van der Waals surface area contributed by atoms with Gasteiger partial charge in [-0.05, 0) is 23.3 Å². The third-order valence-electron chi connectivity index (χ3n) is 2.56. The van der Waals surface area contributed by atoms with E-state index in [0.29, 0.717) is 0 Å². The van der Waals surface area contributed by atoms with Crippen molar-refractivity contribution in [3.8, 4) is 11.1 Å². The summed E-state index contributed by atoms with van der Waals surface area (Å²) in [6, 6.07) is 5.86. The summed E-state index contributed by atoms with van der Waals surface area (Å²) in [4.78, 5) is 11.5.